The largest absolute Gasteiger partial charge is 0.485 e. The molecule has 0 saturated carbocycles. The molecule has 0 spiro atoms. The standard InChI is InChI=1S/C17H12BrNO2S/c18-12-7-5-11(6-8-12)13-10-22-17(19-13)16-9-20-14-3-1-2-4-15(14)21-16/h1-8,10,16H,9H2/t16-/m1/s1. The van der Waals surface area contributed by atoms with Crippen LogP contribution in [0.3, 0.4) is 0 Å². The molecule has 0 bridgehead atoms. The highest BCUT2D eigenvalue weighted by Crippen LogP contribution is 2.37. The van der Waals surface area contributed by atoms with Crippen molar-refractivity contribution in [3.63, 3.8) is 0 Å². The monoisotopic (exact) mass is 373 g/mol. The first-order valence-corrected chi connectivity index (χ1v) is 8.57. The van der Waals surface area contributed by atoms with E-state index in [0.717, 1.165) is 32.2 Å². The van der Waals surface area contributed by atoms with Crippen LogP contribution in [-0.2, 0) is 0 Å². The number of rotatable bonds is 2. The Morgan fingerprint density at radius 3 is 2.64 bits per heavy atom. The smallest absolute Gasteiger partial charge is 0.184 e. The highest BCUT2D eigenvalue weighted by atomic mass is 79.9. The number of hydrogen-bond acceptors (Lipinski definition) is 4. The Bertz CT molecular complexity index is 800. The fourth-order valence-electron chi connectivity index (χ4n) is 2.33. The molecular formula is C17H12BrNO2S. The summed E-state index contributed by atoms with van der Waals surface area (Å²) in [5.41, 5.74) is 2.07. The Morgan fingerprint density at radius 1 is 1.05 bits per heavy atom. The van der Waals surface area contributed by atoms with Gasteiger partial charge in [0.25, 0.3) is 0 Å². The second kappa shape index (κ2) is 5.74. The summed E-state index contributed by atoms with van der Waals surface area (Å²) in [4.78, 5) is 4.70. The third-order valence-corrected chi connectivity index (χ3v) is 4.91. The molecule has 1 aromatic heterocycles. The lowest BCUT2D eigenvalue weighted by molar-refractivity contribution is 0.0911. The molecule has 1 aliphatic heterocycles. The second-order valence-electron chi connectivity index (χ2n) is 4.94. The van der Waals surface area contributed by atoms with Gasteiger partial charge in [0.15, 0.2) is 17.6 Å². The van der Waals surface area contributed by atoms with Crippen LogP contribution in [-0.4, -0.2) is 11.6 Å². The molecule has 110 valence electrons. The average molecular weight is 374 g/mol. The van der Waals surface area contributed by atoms with Gasteiger partial charge in [0, 0.05) is 15.4 Å². The van der Waals surface area contributed by atoms with Crippen LogP contribution in [0.5, 0.6) is 11.5 Å². The molecule has 0 unspecified atom stereocenters. The SMILES string of the molecule is Brc1ccc(-c2csc([C@H]3COc4ccccc4O3)n2)cc1. The number of ether oxygens (including phenoxy) is 2. The van der Waals surface area contributed by atoms with E-state index < -0.39 is 0 Å². The minimum absolute atomic E-state index is 0.149. The van der Waals surface area contributed by atoms with Crippen LogP contribution in [0.2, 0.25) is 0 Å². The van der Waals surface area contributed by atoms with Gasteiger partial charge in [-0.15, -0.1) is 11.3 Å². The summed E-state index contributed by atoms with van der Waals surface area (Å²) in [6.07, 6.45) is -0.149. The molecule has 1 atom stereocenters. The first-order chi connectivity index (χ1) is 10.8. The van der Waals surface area contributed by atoms with Crippen molar-refractivity contribution in [3.8, 4) is 22.8 Å². The first kappa shape index (κ1) is 13.8. The Balaban J connectivity index is 1.59. The predicted octanol–water partition coefficient (Wildman–Crippen LogP) is 5.09. The van der Waals surface area contributed by atoms with Gasteiger partial charge in [-0.3, -0.25) is 0 Å². The molecule has 5 heteroatoms. The van der Waals surface area contributed by atoms with Gasteiger partial charge in [0.1, 0.15) is 11.6 Å². The molecule has 2 aromatic carbocycles. The van der Waals surface area contributed by atoms with Gasteiger partial charge < -0.3 is 9.47 Å². The molecule has 3 aromatic rings. The molecule has 0 amide bonds. The fourth-order valence-corrected chi connectivity index (χ4v) is 3.43. The Morgan fingerprint density at radius 2 is 1.82 bits per heavy atom. The van der Waals surface area contributed by atoms with Crippen molar-refractivity contribution in [2.75, 3.05) is 6.61 Å². The molecule has 4 rings (SSSR count). The van der Waals surface area contributed by atoms with Crippen LogP contribution in [0.15, 0.2) is 58.4 Å². The van der Waals surface area contributed by atoms with Gasteiger partial charge in [0.2, 0.25) is 0 Å². The van der Waals surface area contributed by atoms with E-state index in [2.05, 4.69) is 33.4 Å². The number of thiazole rings is 1. The molecule has 3 nitrogen and oxygen atoms in total. The summed E-state index contributed by atoms with van der Waals surface area (Å²) in [5, 5.41) is 3.00. The molecule has 0 N–H and O–H groups in total. The van der Waals surface area contributed by atoms with Gasteiger partial charge in [-0.2, -0.15) is 0 Å². The summed E-state index contributed by atoms with van der Waals surface area (Å²) in [6, 6.07) is 15.9. The molecular weight excluding hydrogens is 362 g/mol. The van der Waals surface area contributed by atoms with E-state index in [1.807, 2.05) is 36.4 Å². The molecule has 0 radical (unpaired) electrons. The van der Waals surface area contributed by atoms with Crippen molar-refractivity contribution in [1.82, 2.24) is 4.98 Å². The van der Waals surface area contributed by atoms with Gasteiger partial charge in [0.05, 0.1) is 5.69 Å². The fraction of sp³-hybridized carbons (Fsp3) is 0.118. The van der Waals surface area contributed by atoms with Crippen LogP contribution in [0.1, 0.15) is 11.1 Å². The summed E-state index contributed by atoms with van der Waals surface area (Å²) >= 11 is 5.05. The van der Waals surface area contributed by atoms with Crippen molar-refractivity contribution in [2.45, 2.75) is 6.10 Å². The van der Waals surface area contributed by atoms with E-state index in [9.17, 15) is 0 Å². The maximum Gasteiger partial charge on any atom is 0.184 e. The number of para-hydroxylation sites is 2. The highest BCUT2D eigenvalue weighted by Gasteiger charge is 2.25. The van der Waals surface area contributed by atoms with E-state index in [-0.39, 0.29) is 6.10 Å². The van der Waals surface area contributed by atoms with E-state index in [1.54, 1.807) is 11.3 Å². The minimum Gasteiger partial charge on any atom is -0.485 e. The molecule has 0 fully saturated rings. The number of hydrogen-bond donors (Lipinski definition) is 0. The number of aromatic nitrogens is 1. The average Bonchev–Trinajstić information content (AvgIpc) is 3.05. The molecule has 0 aliphatic carbocycles. The van der Waals surface area contributed by atoms with Gasteiger partial charge in [-0.1, -0.05) is 40.2 Å². The second-order valence-corrected chi connectivity index (χ2v) is 6.75. The minimum atomic E-state index is -0.149. The summed E-state index contributed by atoms with van der Waals surface area (Å²) in [7, 11) is 0. The topological polar surface area (TPSA) is 31.4 Å². The number of halogens is 1. The van der Waals surface area contributed by atoms with Gasteiger partial charge in [-0.25, -0.2) is 4.98 Å². The van der Waals surface area contributed by atoms with Gasteiger partial charge >= 0.3 is 0 Å². The molecule has 1 aliphatic rings. The predicted molar refractivity (Wildman–Crippen MR) is 90.6 cm³/mol. The number of nitrogens with zero attached hydrogens (tertiary/aromatic N) is 1. The molecule has 2 heterocycles. The maximum absolute atomic E-state index is 6.00. The van der Waals surface area contributed by atoms with Crippen molar-refractivity contribution < 1.29 is 9.47 Å². The number of fused-ring (bicyclic) bond motifs is 1. The Hall–Kier alpha value is -1.85. The van der Waals surface area contributed by atoms with E-state index >= 15 is 0 Å². The lowest BCUT2D eigenvalue weighted by Crippen LogP contribution is -2.21. The van der Waals surface area contributed by atoms with Crippen LogP contribution < -0.4 is 9.47 Å². The Labute approximate surface area is 140 Å². The van der Waals surface area contributed by atoms with Crippen LogP contribution in [0.4, 0.5) is 0 Å². The van der Waals surface area contributed by atoms with Crippen molar-refractivity contribution in [3.05, 3.63) is 63.4 Å². The lowest BCUT2D eigenvalue weighted by atomic mass is 10.2. The summed E-state index contributed by atoms with van der Waals surface area (Å²) in [5.74, 6) is 1.57. The third kappa shape index (κ3) is 2.62. The third-order valence-electron chi connectivity index (χ3n) is 3.45. The highest BCUT2D eigenvalue weighted by molar-refractivity contribution is 9.10. The molecule has 22 heavy (non-hydrogen) atoms. The summed E-state index contributed by atoms with van der Waals surface area (Å²) in [6.45, 7) is 0.490. The van der Waals surface area contributed by atoms with Gasteiger partial charge in [-0.05, 0) is 24.3 Å². The zero-order valence-corrected chi connectivity index (χ0v) is 13.9. The van der Waals surface area contributed by atoms with Crippen LogP contribution in [0.25, 0.3) is 11.3 Å². The molecule has 0 saturated heterocycles. The maximum atomic E-state index is 6.00. The van der Waals surface area contributed by atoms with E-state index in [4.69, 9.17) is 14.5 Å². The van der Waals surface area contributed by atoms with E-state index in [0.29, 0.717) is 6.61 Å². The van der Waals surface area contributed by atoms with Crippen LogP contribution >= 0.6 is 27.3 Å². The summed E-state index contributed by atoms with van der Waals surface area (Å²) < 4.78 is 12.8. The lowest BCUT2D eigenvalue weighted by Gasteiger charge is -2.24. The van der Waals surface area contributed by atoms with Crippen LogP contribution in [0, 0.1) is 0 Å². The first-order valence-electron chi connectivity index (χ1n) is 6.89. The zero-order valence-electron chi connectivity index (χ0n) is 11.5. The number of benzene rings is 2. The zero-order chi connectivity index (χ0) is 14.9. The quantitative estimate of drug-likeness (QED) is 0.627. The van der Waals surface area contributed by atoms with Crippen molar-refractivity contribution in [2.24, 2.45) is 0 Å². The van der Waals surface area contributed by atoms with Crippen molar-refractivity contribution >= 4 is 27.3 Å². The normalized spacial score (nSPS) is 16.5. The Kier molecular flexibility index (Phi) is 3.60. The van der Waals surface area contributed by atoms with Crippen molar-refractivity contribution in [1.29, 1.82) is 0 Å². The van der Waals surface area contributed by atoms with E-state index in [1.165, 1.54) is 0 Å².